The standard InChI is InChI=1S/C13H26N2O2/c1-3-5-11(6-9-16)10-14-12(17)13(2)7-4-8-15-13/h11,15-16H,3-10H2,1-2H3,(H,14,17). The number of amides is 1. The highest BCUT2D eigenvalue weighted by Gasteiger charge is 2.35. The lowest BCUT2D eigenvalue weighted by Crippen LogP contribution is -2.52. The van der Waals surface area contributed by atoms with Crippen LogP contribution in [0.3, 0.4) is 0 Å². The van der Waals surface area contributed by atoms with Crippen LogP contribution in [0.2, 0.25) is 0 Å². The second-order valence-corrected chi connectivity index (χ2v) is 5.24. The number of aliphatic hydroxyl groups is 1. The summed E-state index contributed by atoms with van der Waals surface area (Å²) in [7, 11) is 0. The Kier molecular flexibility index (Phi) is 5.92. The van der Waals surface area contributed by atoms with E-state index >= 15 is 0 Å². The maximum Gasteiger partial charge on any atom is 0.240 e. The molecule has 0 spiro atoms. The molecule has 1 amide bonds. The molecule has 0 aliphatic carbocycles. The monoisotopic (exact) mass is 242 g/mol. The average Bonchev–Trinajstić information content (AvgIpc) is 2.74. The molecule has 1 heterocycles. The van der Waals surface area contributed by atoms with E-state index in [0.717, 1.165) is 38.6 Å². The molecule has 0 radical (unpaired) electrons. The van der Waals surface area contributed by atoms with Crippen molar-refractivity contribution >= 4 is 5.91 Å². The third-order valence-corrected chi connectivity index (χ3v) is 3.66. The van der Waals surface area contributed by atoms with Crippen LogP contribution in [0.15, 0.2) is 0 Å². The van der Waals surface area contributed by atoms with E-state index in [4.69, 9.17) is 5.11 Å². The molecule has 0 aromatic rings. The van der Waals surface area contributed by atoms with Crippen LogP contribution in [0, 0.1) is 5.92 Å². The van der Waals surface area contributed by atoms with E-state index in [9.17, 15) is 4.79 Å². The van der Waals surface area contributed by atoms with Gasteiger partial charge in [0, 0.05) is 13.2 Å². The van der Waals surface area contributed by atoms with Crippen molar-refractivity contribution in [3.8, 4) is 0 Å². The summed E-state index contributed by atoms with van der Waals surface area (Å²) in [6, 6.07) is 0. The Morgan fingerprint density at radius 1 is 1.53 bits per heavy atom. The molecule has 1 saturated heterocycles. The van der Waals surface area contributed by atoms with Crippen LogP contribution < -0.4 is 10.6 Å². The Morgan fingerprint density at radius 2 is 2.29 bits per heavy atom. The van der Waals surface area contributed by atoms with Crippen LogP contribution in [-0.4, -0.2) is 36.2 Å². The molecular formula is C13H26N2O2. The van der Waals surface area contributed by atoms with Gasteiger partial charge in [-0.3, -0.25) is 4.79 Å². The van der Waals surface area contributed by atoms with E-state index < -0.39 is 0 Å². The van der Waals surface area contributed by atoms with E-state index in [1.54, 1.807) is 0 Å². The first kappa shape index (κ1) is 14.5. The molecule has 1 fully saturated rings. The molecule has 1 aliphatic rings. The van der Waals surface area contributed by atoms with Gasteiger partial charge in [0.2, 0.25) is 5.91 Å². The molecule has 0 bridgehead atoms. The Labute approximate surface area is 104 Å². The molecule has 2 atom stereocenters. The van der Waals surface area contributed by atoms with Crippen LogP contribution in [0.1, 0.15) is 46.0 Å². The molecule has 3 N–H and O–H groups in total. The normalized spacial score (nSPS) is 25.8. The average molecular weight is 242 g/mol. The summed E-state index contributed by atoms with van der Waals surface area (Å²) in [5, 5.41) is 15.2. The molecule has 1 rings (SSSR count). The smallest absolute Gasteiger partial charge is 0.240 e. The van der Waals surface area contributed by atoms with Gasteiger partial charge in [0.1, 0.15) is 0 Å². The zero-order chi connectivity index (χ0) is 12.7. The van der Waals surface area contributed by atoms with Crippen molar-refractivity contribution < 1.29 is 9.90 Å². The first-order valence-electron chi connectivity index (χ1n) is 6.76. The number of carbonyl (C=O) groups excluding carboxylic acids is 1. The van der Waals surface area contributed by atoms with Crippen LogP contribution in [0.25, 0.3) is 0 Å². The van der Waals surface area contributed by atoms with E-state index in [-0.39, 0.29) is 18.1 Å². The van der Waals surface area contributed by atoms with E-state index in [2.05, 4.69) is 17.6 Å². The lowest BCUT2D eigenvalue weighted by Gasteiger charge is -2.25. The van der Waals surface area contributed by atoms with Gasteiger partial charge in [0.05, 0.1) is 5.54 Å². The van der Waals surface area contributed by atoms with Crippen molar-refractivity contribution in [3.05, 3.63) is 0 Å². The molecule has 0 aromatic heterocycles. The SMILES string of the molecule is CCCC(CCO)CNC(=O)C1(C)CCCN1. The third-order valence-electron chi connectivity index (χ3n) is 3.66. The van der Waals surface area contributed by atoms with E-state index in [1.165, 1.54) is 0 Å². The predicted octanol–water partition coefficient (Wildman–Crippen LogP) is 1.04. The maximum atomic E-state index is 12.0. The second kappa shape index (κ2) is 6.97. The largest absolute Gasteiger partial charge is 0.396 e. The summed E-state index contributed by atoms with van der Waals surface area (Å²) in [6.07, 6.45) is 4.91. The molecule has 17 heavy (non-hydrogen) atoms. The fourth-order valence-electron chi connectivity index (χ4n) is 2.46. The number of rotatable bonds is 7. The lowest BCUT2D eigenvalue weighted by atomic mass is 9.97. The molecule has 2 unspecified atom stereocenters. The predicted molar refractivity (Wildman–Crippen MR) is 68.8 cm³/mol. The van der Waals surface area contributed by atoms with Crippen molar-refractivity contribution in [1.29, 1.82) is 0 Å². The Balaban J connectivity index is 2.34. The summed E-state index contributed by atoms with van der Waals surface area (Å²) >= 11 is 0. The Bertz CT molecular complexity index is 232. The maximum absolute atomic E-state index is 12.0. The zero-order valence-corrected chi connectivity index (χ0v) is 11.1. The molecular weight excluding hydrogens is 216 g/mol. The van der Waals surface area contributed by atoms with Crippen molar-refractivity contribution in [1.82, 2.24) is 10.6 Å². The van der Waals surface area contributed by atoms with Gasteiger partial charge in [0.15, 0.2) is 0 Å². The van der Waals surface area contributed by atoms with Crippen LogP contribution >= 0.6 is 0 Å². The number of hydrogen-bond acceptors (Lipinski definition) is 3. The zero-order valence-electron chi connectivity index (χ0n) is 11.1. The highest BCUT2D eigenvalue weighted by molar-refractivity contribution is 5.86. The minimum atomic E-state index is -0.379. The summed E-state index contributed by atoms with van der Waals surface area (Å²) < 4.78 is 0. The number of hydrogen-bond donors (Lipinski definition) is 3. The fraction of sp³-hybridized carbons (Fsp3) is 0.923. The summed E-state index contributed by atoms with van der Waals surface area (Å²) in [6.45, 7) is 5.92. The first-order valence-corrected chi connectivity index (χ1v) is 6.76. The van der Waals surface area contributed by atoms with Crippen molar-refractivity contribution in [2.45, 2.75) is 51.5 Å². The van der Waals surface area contributed by atoms with Gasteiger partial charge in [0.25, 0.3) is 0 Å². The number of aliphatic hydroxyl groups excluding tert-OH is 1. The number of carbonyl (C=O) groups is 1. The third kappa shape index (κ3) is 4.28. The second-order valence-electron chi connectivity index (χ2n) is 5.24. The van der Waals surface area contributed by atoms with Crippen LogP contribution in [-0.2, 0) is 4.79 Å². The first-order chi connectivity index (χ1) is 8.12. The summed E-state index contributed by atoms with van der Waals surface area (Å²) in [4.78, 5) is 12.0. The highest BCUT2D eigenvalue weighted by Crippen LogP contribution is 2.19. The minimum Gasteiger partial charge on any atom is -0.396 e. The highest BCUT2D eigenvalue weighted by atomic mass is 16.3. The Hall–Kier alpha value is -0.610. The number of nitrogens with one attached hydrogen (secondary N) is 2. The van der Waals surface area contributed by atoms with Crippen LogP contribution in [0.4, 0.5) is 0 Å². The van der Waals surface area contributed by atoms with Crippen molar-refractivity contribution in [2.24, 2.45) is 5.92 Å². The van der Waals surface area contributed by atoms with Gasteiger partial charge in [-0.1, -0.05) is 13.3 Å². The summed E-state index contributed by atoms with van der Waals surface area (Å²) in [5.74, 6) is 0.507. The Morgan fingerprint density at radius 3 is 2.82 bits per heavy atom. The minimum absolute atomic E-state index is 0.106. The van der Waals surface area contributed by atoms with Gasteiger partial charge >= 0.3 is 0 Å². The van der Waals surface area contributed by atoms with Gasteiger partial charge in [-0.2, -0.15) is 0 Å². The van der Waals surface area contributed by atoms with Gasteiger partial charge in [-0.05, 0) is 45.1 Å². The van der Waals surface area contributed by atoms with Gasteiger partial charge in [-0.15, -0.1) is 0 Å². The van der Waals surface area contributed by atoms with Crippen molar-refractivity contribution in [3.63, 3.8) is 0 Å². The topological polar surface area (TPSA) is 61.4 Å². The van der Waals surface area contributed by atoms with E-state index in [1.807, 2.05) is 6.92 Å². The fourth-order valence-corrected chi connectivity index (χ4v) is 2.46. The van der Waals surface area contributed by atoms with Gasteiger partial charge < -0.3 is 15.7 Å². The molecule has 1 aliphatic heterocycles. The van der Waals surface area contributed by atoms with E-state index in [0.29, 0.717) is 12.5 Å². The van der Waals surface area contributed by atoms with Crippen molar-refractivity contribution in [2.75, 3.05) is 19.7 Å². The summed E-state index contributed by atoms with van der Waals surface area (Å²) in [5.41, 5.74) is -0.379. The molecule has 4 nitrogen and oxygen atoms in total. The molecule has 100 valence electrons. The van der Waals surface area contributed by atoms with Gasteiger partial charge in [-0.25, -0.2) is 0 Å². The quantitative estimate of drug-likeness (QED) is 0.625. The van der Waals surface area contributed by atoms with Crippen LogP contribution in [0.5, 0.6) is 0 Å². The molecule has 0 aromatic carbocycles. The molecule has 4 heteroatoms. The molecule has 0 saturated carbocycles. The lowest BCUT2D eigenvalue weighted by molar-refractivity contribution is -0.126.